The van der Waals surface area contributed by atoms with Crippen LogP contribution in [0.25, 0.3) is 10.9 Å². The summed E-state index contributed by atoms with van der Waals surface area (Å²) >= 11 is 1.45. The van der Waals surface area contributed by atoms with Crippen LogP contribution in [0.5, 0.6) is 17.2 Å². The molecule has 0 aliphatic heterocycles. The average molecular weight is 570 g/mol. The number of hydrogen-bond acceptors (Lipinski definition) is 7. The number of rotatable bonds is 11. The van der Waals surface area contributed by atoms with Crippen molar-refractivity contribution in [3.63, 3.8) is 0 Å². The van der Waals surface area contributed by atoms with Gasteiger partial charge in [-0.3, -0.25) is 4.98 Å². The smallest absolute Gasteiger partial charge is 0.162 e. The number of fused-ring (bicyclic) bond motifs is 1. The van der Waals surface area contributed by atoms with Gasteiger partial charge >= 0.3 is 0 Å². The lowest BCUT2D eigenvalue weighted by molar-refractivity contribution is 0.199. The molecule has 1 aliphatic carbocycles. The van der Waals surface area contributed by atoms with Gasteiger partial charge in [0, 0.05) is 55.7 Å². The molecule has 0 bridgehead atoms. The van der Waals surface area contributed by atoms with Crippen LogP contribution in [-0.4, -0.2) is 35.7 Å². The Labute approximate surface area is 244 Å². The van der Waals surface area contributed by atoms with E-state index in [0.717, 1.165) is 11.1 Å². The highest BCUT2D eigenvalue weighted by Gasteiger charge is 2.24. The summed E-state index contributed by atoms with van der Waals surface area (Å²) < 4.78 is 38.6. The Morgan fingerprint density at radius 1 is 0.951 bits per heavy atom. The second kappa shape index (κ2) is 14.0. The molecule has 1 heterocycles. The predicted molar refractivity (Wildman–Crippen MR) is 162 cm³/mol. The van der Waals surface area contributed by atoms with Crippen LogP contribution in [0.15, 0.2) is 97.0 Å². The van der Waals surface area contributed by atoms with Crippen molar-refractivity contribution >= 4 is 23.0 Å². The summed E-state index contributed by atoms with van der Waals surface area (Å²) in [5.41, 5.74) is 2.94. The van der Waals surface area contributed by atoms with Crippen molar-refractivity contribution in [3.8, 4) is 29.1 Å². The van der Waals surface area contributed by atoms with Gasteiger partial charge in [0.15, 0.2) is 17.6 Å². The molecule has 2 atom stereocenters. The fraction of sp³-hybridized carbons (Fsp3) is 0.242. The average Bonchev–Trinajstić information content (AvgIpc) is 3.00. The molecule has 6 nitrogen and oxygen atoms in total. The van der Waals surface area contributed by atoms with Crippen molar-refractivity contribution in [2.75, 3.05) is 14.2 Å². The molecule has 1 unspecified atom stereocenters. The van der Waals surface area contributed by atoms with Crippen molar-refractivity contribution < 1.29 is 18.6 Å². The van der Waals surface area contributed by atoms with Crippen LogP contribution in [0.4, 0.5) is 4.39 Å². The lowest BCUT2D eigenvalue weighted by atomic mass is 10.1. The fourth-order valence-electron chi connectivity index (χ4n) is 4.54. The lowest BCUT2D eigenvalue weighted by Gasteiger charge is -2.27. The van der Waals surface area contributed by atoms with Crippen LogP contribution < -0.4 is 18.9 Å². The Morgan fingerprint density at radius 3 is 2.39 bits per heavy atom. The molecule has 0 saturated heterocycles. The van der Waals surface area contributed by atoms with Gasteiger partial charge in [-0.25, -0.2) is 13.4 Å². The number of nitrogens with zero attached hydrogens (tertiary/aromatic N) is 2. The number of benzene rings is 3. The minimum Gasteiger partial charge on any atom is -0.493 e. The van der Waals surface area contributed by atoms with E-state index in [1.165, 1.54) is 12.1 Å². The first-order valence-electron chi connectivity index (χ1n) is 13.4. The molecule has 0 radical (unpaired) electrons. The van der Waals surface area contributed by atoms with Crippen LogP contribution in [0, 0.1) is 11.8 Å². The largest absolute Gasteiger partial charge is 0.493 e. The molecule has 41 heavy (non-hydrogen) atoms. The van der Waals surface area contributed by atoms with Crippen molar-refractivity contribution in [1.82, 2.24) is 14.0 Å². The van der Waals surface area contributed by atoms with Crippen molar-refractivity contribution in [2.24, 2.45) is 0 Å². The third-order valence-corrected chi connectivity index (χ3v) is 7.54. The standard InChI is InChI=1S/C33H32FN3O3S/c1-38-32-20-27-29(21-33(32)39-2)35-18-17-30(27)40-31-16-10-9-15-26(19-28(31)34)37(23-25-13-7-4-8-14-25)41-36-22-24-11-5-3-6-12-24/h3-8,11-14,17-21,26,31,36H,10,16,22-23H2,1-2H3/b28-19+/t26?,31-/m1/s1. The molecule has 1 aliphatic rings. The zero-order chi connectivity index (χ0) is 28.4. The molecule has 0 amide bonds. The Hall–Kier alpha value is -4.03. The summed E-state index contributed by atoms with van der Waals surface area (Å²) in [5, 5.41) is 0.717. The monoisotopic (exact) mass is 569 g/mol. The van der Waals surface area contributed by atoms with Crippen LogP contribution in [0.2, 0.25) is 0 Å². The van der Waals surface area contributed by atoms with E-state index in [4.69, 9.17) is 14.2 Å². The first-order valence-corrected chi connectivity index (χ1v) is 14.2. The predicted octanol–water partition coefficient (Wildman–Crippen LogP) is 6.87. The first-order chi connectivity index (χ1) is 20.1. The van der Waals surface area contributed by atoms with Gasteiger partial charge in [-0.2, -0.15) is 0 Å². The number of ether oxygens (including phenoxy) is 3. The van der Waals surface area contributed by atoms with E-state index in [-0.39, 0.29) is 5.83 Å². The van der Waals surface area contributed by atoms with E-state index in [1.54, 1.807) is 44.7 Å². The molecule has 1 aromatic heterocycles. The summed E-state index contributed by atoms with van der Waals surface area (Å²) in [6.45, 7) is 1.25. The molecule has 0 fully saturated rings. The van der Waals surface area contributed by atoms with E-state index in [2.05, 4.69) is 50.1 Å². The number of halogens is 1. The topological polar surface area (TPSA) is 55.9 Å². The Morgan fingerprint density at radius 2 is 1.66 bits per heavy atom. The van der Waals surface area contributed by atoms with E-state index in [9.17, 15) is 0 Å². The first kappa shape index (κ1) is 28.5. The molecule has 5 rings (SSSR count). The summed E-state index contributed by atoms with van der Waals surface area (Å²) in [4.78, 5) is 4.43. The quantitative estimate of drug-likeness (QED) is 0.156. The second-order valence-electron chi connectivity index (χ2n) is 9.45. The van der Waals surface area contributed by atoms with Crippen molar-refractivity contribution in [1.29, 1.82) is 0 Å². The van der Waals surface area contributed by atoms with Crippen LogP contribution in [-0.2, 0) is 13.1 Å². The summed E-state index contributed by atoms with van der Waals surface area (Å²) in [5.74, 6) is 7.80. The highest BCUT2D eigenvalue weighted by Crippen LogP contribution is 2.36. The highest BCUT2D eigenvalue weighted by atomic mass is 32.2. The number of nitrogens with one attached hydrogen (secondary N) is 1. The molecule has 4 aromatic rings. The molecular formula is C33H32FN3O3S. The van der Waals surface area contributed by atoms with Gasteiger partial charge in [-0.1, -0.05) is 66.6 Å². The van der Waals surface area contributed by atoms with E-state index < -0.39 is 12.1 Å². The van der Waals surface area contributed by atoms with Gasteiger partial charge < -0.3 is 14.2 Å². The van der Waals surface area contributed by atoms with Crippen molar-refractivity contribution in [3.05, 3.63) is 108 Å². The highest BCUT2D eigenvalue weighted by molar-refractivity contribution is 7.95. The SMILES string of the molecule is COc1cc2nccc(O[C@@H]3CCC#CC(N(Cc4ccccc4)SNCc4ccccc4)/C=C\3F)c2cc1OC. The van der Waals surface area contributed by atoms with Gasteiger partial charge in [0.1, 0.15) is 17.6 Å². The molecule has 3 aromatic carbocycles. The normalized spacial score (nSPS) is 18.0. The third-order valence-electron chi connectivity index (χ3n) is 6.67. The fourth-order valence-corrected chi connectivity index (χ4v) is 5.37. The second-order valence-corrected chi connectivity index (χ2v) is 10.4. The van der Waals surface area contributed by atoms with Gasteiger partial charge in [-0.05, 0) is 29.3 Å². The zero-order valence-electron chi connectivity index (χ0n) is 23.0. The van der Waals surface area contributed by atoms with Crippen LogP contribution in [0.3, 0.4) is 0 Å². The zero-order valence-corrected chi connectivity index (χ0v) is 23.9. The minimum absolute atomic E-state index is 0.351. The molecule has 0 saturated carbocycles. The van der Waals surface area contributed by atoms with Gasteiger partial charge in [0.2, 0.25) is 0 Å². The number of pyridine rings is 1. The lowest BCUT2D eigenvalue weighted by Crippen LogP contribution is -2.31. The van der Waals surface area contributed by atoms with Gasteiger partial charge in [-0.15, -0.1) is 5.92 Å². The molecule has 0 spiro atoms. The Kier molecular flexibility index (Phi) is 9.76. The summed E-state index contributed by atoms with van der Waals surface area (Å²) in [7, 11) is 3.15. The number of methoxy groups -OCH3 is 2. The van der Waals surface area contributed by atoms with Gasteiger partial charge in [0.25, 0.3) is 0 Å². The maximum Gasteiger partial charge on any atom is 0.162 e. The van der Waals surface area contributed by atoms with Gasteiger partial charge in [0.05, 0.1) is 19.7 Å². The van der Waals surface area contributed by atoms with Crippen molar-refractivity contribution in [2.45, 2.75) is 38.1 Å². The summed E-state index contributed by atoms with van der Waals surface area (Å²) in [6.07, 6.45) is 3.37. The summed E-state index contributed by atoms with van der Waals surface area (Å²) in [6, 6.07) is 25.2. The van der Waals surface area contributed by atoms with E-state index >= 15 is 4.39 Å². The number of aromatic nitrogens is 1. The number of hydrogen-bond donors (Lipinski definition) is 1. The Balaban J connectivity index is 1.38. The minimum atomic E-state index is -0.786. The molecular weight excluding hydrogens is 537 g/mol. The molecule has 210 valence electrons. The third kappa shape index (κ3) is 7.39. The maximum atomic E-state index is 15.9. The molecule has 1 N–H and O–H groups in total. The van der Waals surface area contributed by atoms with Crippen LogP contribution >= 0.6 is 12.1 Å². The Bertz CT molecular complexity index is 1540. The molecule has 8 heteroatoms. The van der Waals surface area contributed by atoms with Crippen LogP contribution in [0.1, 0.15) is 24.0 Å². The van der Waals surface area contributed by atoms with E-state index in [1.807, 2.05) is 36.4 Å². The maximum absolute atomic E-state index is 15.9. The van der Waals surface area contributed by atoms with E-state index in [0.29, 0.717) is 54.1 Å².